The van der Waals surface area contributed by atoms with Gasteiger partial charge in [-0.1, -0.05) is 12.1 Å². The summed E-state index contributed by atoms with van der Waals surface area (Å²) in [6.45, 7) is 1.17. The van der Waals surface area contributed by atoms with Gasteiger partial charge in [0.2, 0.25) is 5.89 Å². The van der Waals surface area contributed by atoms with Crippen molar-refractivity contribution in [2.24, 2.45) is 0 Å². The molecule has 5 heteroatoms. The number of nitrogens with one attached hydrogen (secondary N) is 1. The van der Waals surface area contributed by atoms with Gasteiger partial charge in [-0.25, -0.2) is 4.98 Å². The maximum atomic E-state index is 10.3. The topological polar surface area (TPSA) is 75.4 Å². The Bertz CT molecular complexity index is 474. The van der Waals surface area contributed by atoms with Crippen LogP contribution in [0.1, 0.15) is 18.7 Å². The predicted octanol–water partition coefficient (Wildman–Crippen LogP) is 1.78. The number of aromatic nitrogens is 1. The minimum Gasteiger partial charge on any atom is -0.481 e. The summed E-state index contributed by atoms with van der Waals surface area (Å²) in [5, 5.41) is 11.6. The Balaban J connectivity index is 1.81. The highest BCUT2D eigenvalue weighted by Gasteiger charge is 2.04. The molecule has 0 saturated heterocycles. The summed E-state index contributed by atoms with van der Waals surface area (Å²) < 4.78 is 5.51. The normalized spacial score (nSPS) is 10.8. The summed E-state index contributed by atoms with van der Waals surface area (Å²) in [4.78, 5) is 14.6. The Labute approximate surface area is 98.5 Å². The molecule has 1 aromatic carbocycles. The number of hydrogen-bond donors (Lipinski definition) is 2. The molecule has 0 amide bonds. The van der Waals surface area contributed by atoms with Gasteiger partial charge in [-0.3, -0.25) is 4.79 Å². The number of aliphatic carboxylic acids is 1. The van der Waals surface area contributed by atoms with Crippen LogP contribution in [0.3, 0.4) is 0 Å². The van der Waals surface area contributed by atoms with E-state index in [4.69, 9.17) is 9.52 Å². The number of fused-ring (bicyclic) bond motifs is 1. The molecule has 0 fully saturated rings. The van der Waals surface area contributed by atoms with E-state index in [9.17, 15) is 4.79 Å². The van der Waals surface area contributed by atoms with Gasteiger partial charge in [-0.15, -0.1) is 0 Å². The molecule has 5 nitrogen and oxygen atoms in total. The van der Waals surface area contributed by atoms with Gasteiger partial charge in [0.1, 0.15) is 5.52 Å². The molecule has 0 aliphatic carbocycles. The molecule has 1 heterocycles. The summed E-state index contributed by atoms with van der Waals surface area (Å²) in [5.74, 6) is -0.143. The Hall–Kier alpha value is -1.88. The summed E-state index contributed by atoms with van der Waals surface area (Å²) in [5.41, 5.74) is 1.62. The molecule has 1 aromatic heterocycles. The van der Waals surface area contributed by atoms with Crippen LogP contribution in [0.25, 0.3) is 11.1 Å². The number of carboxylic acids is 1. The Morgan fingerprint density at radius 1 is 1.41 bits per heavy atom. The van der Waals surface area contributed by atoms with Crippen molar-refractivity contribution in [3.8, 4) is 0 Å². The van der Waals surface area contributed by atoms with Crippen molar-refractivity contribution >= 4 is 17.1 Å². The summed E-state index contributed by atoms with van der Waals surface area (Å²) >= 11 is 0. The molecule has 0 aliphatic heterocycles. The van der Waals surface area contributed by atoms with Gasteiger partial charge in [0, 0.05) is 6.42 Å². The minimum absolute atomic E-state index is 0.181. The third-order valence-corrected chi connectivity index (χ3v) is 2.36. The molecule has 0 aliphatic rings. The van der Waals surface area contributed by atoms with Gasteiger partial charge in [0.15, 0.2) is 5.58 Å². The molecule has 0 spiro atoms. The monoisotopic (exact) mass is 234 g/mol. The SMILES string of the molecule is O=C(O)CCCNCc1nc2ccccc2o1. The highest BCUT2D eigenvalue weighted by atomic mass is 16.4. The minimum atomic E-state index is -0.770. The van der Waals surface area contributed by atoms with Crippen molar-refractivity contribution in [1.82, 2.24) is 10.3 Å². The lowest BCUT2D eigenvalue weighted by atomic mass is 10.3. The maximum absolute atomic E-state index is 10.3. The first kappa shape index (κ1) is 11.6. The summed E-state index contributed by atoms with van der Waals surface area (Å²) in [7, 11) is 0. The van der Waals surface area contributed by atoms with Crippen LogP contribution in [-0.2, 0) is 11.3 Å². The molecule has 90 valence electrons. The number of nitrogens with zero attached hydrogens (tertiary/aromatic N) is 1. The molecule has 0 radical (unpaired) electrons. The summed E-state index contributed by atoms with van der Waals surface area (Å²) in [6, 6.07) is 7.58. The number of oxazole rings is 1. The number of carboxylic acid groups (broad SMARTS) is 1. The standard InChI is InChI=1S/C12H14N2O3/c15-12(16)6-3-7-13-8-11-14-9-4-1-2-5-10(9)17-11/h1-2,4-5,13H,3,6-8H2,(H,15,16). The fourth-order valence-corrected chi connectivity index (χ4v) is 1.56. The van der Waals surface area contributed by atoms with Gasteiger partial charge in [0.25, 0.3) is 0 Å². The van der Waals surface area contributed by atoms with Crippen molar-refractivity contribution in [3.63, 3.8) is 0 Å². The van der Waals surface area contributed by atoms with Crippen molar-refractivity contribution in [1.29, 1.82) is 0 Å². The van der Waals surface area contributed by atoms with Crippen LogP contribution in [0.2, 0.25) is 0 Å². The van der Waals surface area contributed by atoms with E-state index in [-0.39, 0.29) is 6.42 Å². The summed E-state index contributed by atoms with van der Waals surface area (Å²) in [6.07, 6.45) is 0.788. The highest BCUT2D eigenvalue weighted by Crippen LogP contribution is 2.14. The second-order valence-corrected chi connectivity index (χ2v) is 3.75. The lowest BCUT2D eigenvalue weighted by molar-refractivity contribution is -0.137. The van der Waals surface area contributed by atoms with Crippen LogP contribution in [-0.4, -0.2) is 22.6 Å². The van der Waals surface area contributed by atoms with Gasteiger partial charge < -0.3 is 14.8 Å². The Morgan fingerprint density at radius 3 is 3.00 bits per heavy atom. The molecule has 17 heavy (non-hydrogen) atoms. The molecular weight excluding hydrogens is 220 g/mol. The number of benzene rings is 1. The van der Waals surface area contributed by atoms with E-state index in [1.165, 1.54) is 0 Å². The molecule has 0 saturated carbocycles. The van der Waals surface area contributed by atoms with E-state index in [0.717, 1.165) is 11.1 Å². The fourth-order valence-electron chi connectivity index (χ4n) is 1.56. The van der Waals surface area contributed by atoms with Gasteiger partial charge in [-0.2, -0.15) is 0 Å². The van der Waals surface area contributed by atoms with Crippen LogP contribution < -0.4 is 5.32 Å². The predicted molar refractivity (Wildman–Crippen MR) is 62.6 cm³/mol. The van der Waals surface area contributed by atoms with Gasteiger partial charge in [-0.05, 0) is 25.1 Å². The zero-order valence-electron chi connectivity index (χ0n) is 9.35. The van der Waals surface area contributed by atoms with Gasteiger partial charge >= 0.3 is 5.97 Å². The molecule has 2 aromatic rings. The molecule has 0 atom stereocenters. The number of rotatable bonds is 6. The zero-order valence-corrected chi connectivity index (χ0v) is 9.35. The molecule has 0 unspecified atom stereocenters. The number of para-hydroxylation sites is 2. The van der Waals surface area contributed by atoms with E-state index in [2.05, 4.69) is 10.3 Å². The van der Waals surface area contributed by atoms with E-state index in [1.54, 1.807) is 0 Å². The van der Waals surface area contributed by atoms with E-state index < -0.39 is 5.97 Å². The smallest absolute Gasteiger partial charge is 0.303 e. The quantitative estimate of drug-likeness (QED) is 0.745. The first-order valence-corrected chi connectivity index (χ1v) is 5.52. The van der Waals surface area contributed by atoms with Crippen molar-refractivity contribution < 1.29 is 14.3 Å². The fraction of sp³-hybridized carbons (Fsp3) is 0.333. The number of hydrogen-bond acceptors (Lipinski definition) is 4. The lowest BCUT2D eigenvalue weighted by Crippen LogP contribution is -2.15. The van der Waals surface area contributed by atoms with E-state index in [0.29, 0.717) is 25.4 Å². The van der Waals surface area contributed by atoms with Crippen LogP contribution >= 0.6 is 0 Å². The maximum Gasteiger partial charge on any atom is 0.303 e. The van der Waals surface area contributed by atoms with Crippen LogP contribution in [0.5, 0.6) is 0 Å². The first-order valence-electron chi connectivity index (χ1n) is 5.52. The zero-order chi connectivity index (χ0) is 12.1. The van der Waals surface area contributed by atoms with Crippen LogP contribution in [0, 0.1) is 0 Å². The molecule has 2 N–H and O–H groups in total. The second kappa shape index (κ2) is 5.45. The first-order chi connectivity index (χ1) is 8.25. The second-order valence-electron chi connectivity index (χ2n) is 3.75. The largest absolute Gasteiger partial charge is 0.481 e. The van der Waals surface area contributed by atoms with E-state index >= 15 is 0 Å². The Kier molecular flexibility index (Phi) is 3.72. The van der Waals surface area contributed by atoms with Crippen molar-refractivity contribution in [2.75, 3.05) is 6.54 Å². The average molecular weight is 234 g/mol. The van der Waals surface area contributed by atoms with Crippen LogP contribution in [0.15, 0.2) is 28.7 Å². The third kappa shape index (κ3) is 3.29. The molecular formula is C12H14N2O3. The Morgan fingerprint density at radius 2 is 2.24 bits per heavy atom. The van der Waals surface area contributed by atoms with Crippen molar-refractivity contribution in [3.05, 3.63) is 30.2 Å². The van der Waals surface area contributed by atoms with Gasteiger partial charge in [0.05, 0.1) is 6.54 Å². The molecule has 2 rings (SSSR count). The third-order valence-electron chi connectivity index (χ3n) is 2.36. The number of carbonyl (C=O) groups is 1. The van der Waals surface area contributed by atoms with Crippen molar-refractivity contribution in [2.45, 2.75) is 19.4 Å². The average Bonchev–Trinajstić information content (AvgIpc) is 2.70. The highest BCUT2D eigenvalue weighted by molar-refractivity contribution is 5.72. The molecule has 0 bridgehead atoms. The van der Waals surface area contributed by atoms with E-state index in [1.807, 2.05) is 24.3 Å². The lowest BCUT2D eigenvalue weighted by Gasteiger charge is -1.99. The van der Waals surface area contributed by atoms with Crippen LogP contribution in [0.4, 0.5) is 0 Å².